The molecule has 3 rings (SSSR count). The van der Waals surface area contributed by atoms with Gasteiger partial charge < -0.3 is 9.84 Å². The van der Waals surface area contributed by atoms with Gasteiger partial charge in [-0.15, -0.1) is 0 Å². The lowest BCUT2D eigenvalue weighted by atomic mass is 9.95. The van der Waals surface area contributed by atoms with Gasteiger partial charge in [-0.2, -0.15) is 0 Å². The summed E-state index contributed by atoms with van der Waals surface area (Å²) in [6.45, 7) is 1.80. The Balaban J connectivity index is 1.75. The van der Waals surface area contributed by atoms with Gasteiger partial charge in [0.25, 0.3) is 0 Å². The van der Waals surface area contributed by atoms with Crippen LogP contribution >= 0.6 is 0 Å². The van der Waals surface area contributed by atoms with Gasteiger partial charge in [-0.25, -0.2) is 9.69 Å². The first-order valence-corrected chi connectivity index (χ1v) is 8.34. The molecule has 2 aromatic carbocycles. The highest BCUT2D eigenvalue weighted by atomic mass is 16.6. The number of amides is 2. The van der Waals surface area contributed by atoms with Crippen LogP contribution in [0.3, 0.4) is 0 Å². The van der Waals surface area contributed by atoms with E-state index in [9.17, 15) is 14.7 Å². The molecule has 1 heterocycles. The fraction of sp³-hybridized carbons (Fsp3) is 0.300. The summed E-state index contributed by atoms with van der Waals surface area (Å²) < 4.78 is 5.09. The van der Waals surface area contributed by atoms with Crippen molar-refractivity contribution in [3.8, 4) is 0 Å². The summed E-state index contributed by atoms with van der Waals surface area (Å²) in [6, 6.07) is 18.3. The van der Waals surface area contributed by atoms with E-state index in [0.29, 0.717) is 12.0 Å². The summed E-state index contributed by atoms with van der Waals surface area (Å²) in [6.07, 6.45) is -1.08. The predicted octanol–water partition coefficient (Wildman–Crippen LogP) is 2.95. The van der Waals surface area contributed by atoms with Crippen molar-refractivity contribution in [2.75, 3.05) is 6.61 Å². The number of rotatable bonds is 5. The van der Waals surface area contributed by atoms with Crippen LogP contribution in [0.1, 0.15) is 24.2 Å². The van der Waals surface area contributed by atoms with Crippen LogP contribution in [0.2, 0.25) is 0 Å². The van der Waals surface area contributed by atoms with E-state index >= 15 is 0 Å². The second-order valence-electron chi connectivity index (χ2n) is 6.27. The largest absolute Gasteiger partial charge is 0.447 e. The normalized spacial score (nSPS) is 19.4. The molecular weight excluding hydrogens is 318 g/mol. The summed E-state index contributed by atoms with van der Waals surface area (Å²) in [5.41, 5.74) is 1.68. The molecule has 0 bridgehead atoms. The molecule has 5 heteroatoms. The van der Waals surface area contributed by atoms with Crippen LogP contribution in [-0.4, -0.2) is 34.7 Å². The third kappa shape index (κ3) is 3.72. The molecule has 1 aliphatic rings. The molecule has 5 nitrogen and oxygen atoms in total. The van der Waals surface area contributed by atoms with E-state index in [4.69, 9.17) is 4.74 Å². The molecule has 1 fully saturated rings. The van der Waals surface area contributed by atoms with Gasteiger partial charge in [-0.3, -0.25) is 4.79 Å². The smallest absolute Gasteiger partial charge is 0.416 e. The van der Waals surface area contributed by atoms with E-state index in [2.05, 4.69) is 0 Å². The number of benzene rings is 2. The average Bonchev–Trinajstić information content (AvgIpc) is 3.01. The van der Waals surface area contributed by atoms with Gasteiger partial charge >= 0.3 is 6.09 Å². The second kappa shape index (κ2) is 7.49. The topological polar surface area (TPSA) is 66.8 Å². The highest BCUT2D eigenvalue weighted by molar-refractivity contribution is 5.95. The summed E-state index contributed by atoms with van der Waals surface area (Å²) in [4.78, 5) is 26.1. The van der Waals surface area contributed by atoms with E-state index in [-0.39, 0.29) is 12.6 Å². The molecule has 0 saturated carbocycles. The van der Waals surface area contributed by atoms with Gasteiger partial charge in [0.05, 0.1) is 18.1 Å². The molecule has 0 unspecified atom stereocenters. The predicted molar refractivity (Wildman–Crippen MR) is 92.7 cm³/mol. The summed E-state index contributed by atoms with van der Waals surface area (Å²) in [7, 11) is 0. The molecule has 2 aromatic rings. The van der Waals surface area contributed by atoms with Crippen LogP contribution in [-0.2, 0) is 16.0 Å². The Morgan fingerprint density at radius 2 is 1.76 bits per heavy atom. The number of aliphatic hydroxyl groups excluding tert-OH is 1. The van der Waals surface area contributed by atoms with Gasteiger partial charge in [0.15, 0.2) is 0 Å². The first-order valence-electron chi connectivity index (χ1n) is 8.34. The van der Waals surface area contributed by atoms with Crippen LogP contribution in [0.4, 0.5) is 4.79 Å². The quantitative estimate of drug-likeness (QED) is 0.909. The lowest BCUT2D eigenvalue weighted by Crippen LogP contribution is -2.44. The molecule has 0 aliphatic carbocycles. The number of hydrogen-bond donors (Lipinski definition) is 1. The summed E-state index contributed by atoms with van der Waals surface area (Å²) >= 11 is 0. The lowest BCUT2D eigenvalue weighted by Gasteiger charge is -2.25. The standard InChI is InChI=1S/C20H21NO4/c1-14(18(22)16-10-6-3-7-11-16)19(23)21-17(13-25-20(21)24)12-15-8-4-2-5-9-15/h2-11,14,17-18,22H,12-13H2,1H3/t14-,17-,18-/m0/s1. The van der Waals surface area contributed by atoms with E-state index in [1.165, 1.54) is 0 Å². The lowest BCUT2D eigenvalue weighted by molar-refractivity contribution is -0.136. The molecule has 0 aromatic heterocycles. The van der Waals surface area contributed by atoms with Crippen molar-refractivity contribution in [1.29, 1.82) is 0 Å². The zero-order valence-electron chi connectivity index (χ0n) is 14.0. The summed E-state index contributed by atoms with van der Waals surface area (Å²) in [5.74, 6) is -1.16. The van der Waals surface area contributed by atoms with Crippen molar-refractivity contribution in [3.63, 3.8) is 0 Å². The Morgan fingerprint density at radius 1 is 1.16 bits per heavy atom. The van der Waals surface area contributed by atoms with Crippen molar-refractivity contribution >= 4 is 12.0 Å². The molecule has 1 N–H and O–H groups in total. The average molecular weight is 339 g/mol. The second-order valence-corrected chi connectivity index (χ2v) is 6.27. The molecule has 130 valence electrons. The SMILES string of the molecule is C[C@H](C(=O)N1C(=O)OC[C@@H]1Cc1ccccc1)[C@H](O)c1ccccc1. The molecule has 1 saturated heterocycles. The maximum Gasteiger partial charge on any atom is 0.416 e. The van der Waals surface area contributed by atoms with Crippen LogP contribution < -0.4 is 0 Å². The number of ether oxygens (including phenoxy) is 1. The van der Waals surface area contributed by atoms with Gasteiger partial charge in [0.1, 0.15) is 6.61 Å². The molecular formula is C20H21NO4. The Labute approximate surface area is 146 Å². The molecule has 3 atom stereocenters. The number of carbonyl (C=O) groups is 2. The van der Waals surface area contributed by atoms with Gasteiger partial charge in [-0.05, 0) is 17.5 Å². The Hall–Kier alpha value is -2.66. The third-order valence-corrected chi connectivity index (χ3v) is 4.52. The van der Waals surface area contributed by atoms with Gasteiger partial charge in [0, 0.05) is 0 Å². The number of imide groups is 1. The van der Waals surface area contributed by atoms with Gasteiger partial charge in [-0.1, -0.05) is 67.6 Å². The van der Waals surface area contributed by atoms with Crippen LogP contribution in [0.15, 0.2) is 60.7 Å². The molecule has 1 aliphatic heterocycles. The van der Waals surface area contributed by atoms with E-state index in [1.54, 1.807) is 31.2 Å². The Bertz CT molecular complexity index is 732. The van der Waals surface area contributed by atoms with Crippen molar-refractivity contribution in [3.05, 3.63) is 71.8 Å². The monoisotopic (exact) mass is 339 g/mol. The molecule has 2 amide bonds. The molecule has 25 heavy (non-hydrogen) atoms. The highest BCUT2D eigenvalue weighted by Gasteiger charge is 2.41. The van der Waals surface area contributed by atoms with E-state index < -0.39 is 24.0 Å². The minimum Gasteiger partial charge on any atom is -0.447 e. The number of nitrogens with zero attached hydrogens (tertiary/aromatic N) is 1. The van der Waals surface area contributed by atoms with Crippen molar-refractivity contribution < 1.29 is 19.4 Å². The van der Waals surface area contributed by atoms with Crippen LogP contribution in [0, 0.1) is 5.92 Å². The van der Waals surface area contributed by atoms with Crippen LogP contribution in [0.25, 0.3) is 0 Å². The molecule has 0 spiro atoms. The summed E-state index contributed by atoms with van der Waals surface area (Å²) in [5, 5.41) is 10.5. The minimum atomic E-state index is -0.973. The number of hydrogen-bond acceptors (Lipinski definition) is 4. The number of carbonyl (C=O) groups excluding carboxylic acids is 2. The van der Waals surface area contributed by atoms with E-state index in [1.807, 2.05) is 36.4 Å². The first kappa shape index (κ1) is 17.2. The molecule has 0 radical (unpaired) electrons. The number of aliphatic hydroxyl groups is 1. The third-order valence-electron chi connectivity index (χ3n) is 4.52. The Morgan fingerprint density at radius 3 is 2.40 bits per heavy atom. The number of cyclic esters (lactones) is 1. The van der Waals surface area contributed by atoms with Crippen LogP contribution in [0.5, 0.6) is 0 Å². The zero-order valence-corrected chi connectivity index (χ0v) is 14.0. The first-order chi connectivity index (χ1) is 12.1. The van der Waals surface area contributed by atoms with Crippen molar-refractivity contribution in [1.82, 2.24) is 4.90 Å². The van der Waals surface area contributed by atoms with E-state index in [0.717, 1.165) is 10.5 Å². The van der Waals surface area contributed by atoms with Gasteiger partial charge in [0.2, 0.25) is 5.91 Å². The zero-order chi connectivity index (χ0) is 17.8. The highest BCUT2D eigenvalue weighted by Crippen LogP contribution is 2.27. The maximum atomic E-state index is 12.8. The van der Waals surface area contributed by atoms with Crippen molar-refractivity contribution in [2.45, 2.75) is 25.5 Å². The fourth-order valence-electron chi connectivity index (χ4n) is 3.06. The van der Waals surface area contributed by atoms with Crippen molar-refractivity contribution in [2.24, 2.45) is 5.92 Å². The Kier molecular flexibility index (Phi) is 5.14. The fourth-order valence-corrected chi connectivity index (χ4v) is 3.06. The minimum absolute atomic E-state index is 0.174. The maximum absolute atomic E-state index is 12.8.